The zero-order valence-corrected chi connectivity index (χ0v) is 13.7. The quantitative estimate of drug-likeness (QED) is 0.720. The summed E-state index contributed by atoms with van der Waals surface area (Å²) in [6.45, 7) is 3.29. The second-order valence-corrected chi connectivity index (χ2v) is 6.71. The highest BCUT2D eigenvalue weighted by molar-refractivity contribution is 7.15. The highest BCUT2D eigenvalue weighted by Crippen LogP contribution is 2.38. The van der Waals surface area contributed by atoms with Crippen LogP contribution < -0.4 is 10.1 Å². The van der Waals surface area contributed by atoms with Crippen molar-refractivity contribution in [3.63, 3.8) is 0 Å². The lowest BCUT2D eigenvalue weighted by Crippen LogP contribution is -2.17. The van der Waals surface area contributed by atoms with Crippen molar-refractivity contribution in [2.45, 2.75) is 6.92 Å². The van der Waals surface area contributed by atoms with E-state index >= 15 is 0 Å². The maximum absolute atomic E-state index is 14.0. The molecule has 4 rings (SSSR count). The Morgan fingerprint density at radius 3 is 2.75 bits per heavy atom. The van der Waals surface area contributed by atoms with Gasteiger partial charge in [0.05, 0.1) is 16.9 Å². The molecule has 2 aromatic carbocycles. The fourth-order valence-corrected chi connectivity index (χ4v) is 3.75. The van der Waals surface area contributed by atoms with Gasteiger partial charge in [0, 0.05) is 17.0 Å². The Bertz CT molecular complexity index is 903. The number of hydrogen-bond acceptors (Lipinski definition) is 4. The van der Waals surface area contributed by atoms with Crippen LogP contribution in [-0.2, 0) is 0 Å². The van der Waals surface area contributed by atoms with Crippen LogP contribution in [0.1, 0.15) is 4.88 Å². The number of nitrogens with zero attached hydrogens (tertiary/aromatic N) is 1. The molecule has 0 unspecified atom stereocenters. The number of hydrogen-bond donors (Lipinski definition) is 1. The first-order valence-corrected chi connectivity index (χ1v) is 8.38. The maximum Gasteiger partial charge on any atom is 0.142 e. The molecule has 0 aliphatic carbocycles. The molecule has 3 aromatic rings. The summed E-state index contributed by atoms with van der Waals surface area (Å²) in [6.07, 6.45) is 0. The number of benzene rings is 2. The highest BCUT2D eigenvalue weighted by atomic mass is 32.1. The molecule has 0 bridgehead atoms. The van der Waals surface area contributed by atoms with Crippen LogP contribution >= 0.6 is 11.3 Å². The molecular weight excluding hydrogens is 330 g/mol. The van der Waals surface area contributed by atoms with Gasteiger partial charge in [0.15, 0.2) is 0 Å². The first-order chi connectivity index (χ1) is 11.6. The van der Waals surface area contributed by atoms with E-state index in [9.17, 15) is 8.78 Å². The number of fused-ring (bicyclic) bond motifs is 1. The van der Waals surface area contributed by atoms with Crippen LogP contribution in [0.2, 0.25) is 0 Å². The van der Waals surface area contributed by atoms with Gasteiger partial charge in [0.25, 0.3) is 0 Å². The molecule has 0 fully saturated rings. The molecule has 1 N–H and O–H groups in total. The third kappa shape index (κ3) is 2.53. The molecule has 1 aliphatic heterocycles. The van der Waals surface area contributed by atoms with Crippen LogP contribution in [0.15, 0.2) is 36.4 Å². The van der Waals surface area contributed by atoms with Gasteiger partial charge < -0.3 is 10.1 Å². The topological polar surface area (TPSA) is 34.2 Å². The fraction of sp³-hybridized carbons (Fsp3) is 0.167. The van der Waals surface area contributed by atoms with E-state index in [2.05, 4.69) is 10.3 Å². The number of ether oxygens (including phenoxy) is 1. The number of anilines is 1. The number of thiazole rings is 1. The second kappa shape index (κ2) is 5.87. The minimum absolute atomic E-state index is 0.0729. The van der Waals surface area contributed by atoms with E-state index < -0.39 is 11.6 Å². The highest BCUT2D eigenvalue weighted by Gasteiger charge is 2.19. The van der Waals surface area contributed by atoms with E-state index in [1.807, 2.05) is 25.1 Å². The maximum atomic E-state index is 14.0. The summed E-state index contributed by atoms with van der Waals surface area (Å²) < 4.78 is 33.6. The zero-order chi connectivity index (χ0) is 16.7. The van der Waals surface area contributed by atoms with Gasteiger partial charge in [0.2, 0.25) is 0 Å². The van der Waals surface area contributed by atoms with Crippen molar-refractivity contribution in [1.29, 1.82) is 0 Å². The summed E-state index contributed by atoms with van der Waals surface area (Å²) in [7, 11) is 0. The molecule has 0 atom stereocenters. The van der Waals surface area contributed by atoms with Gasteiger partial charge in [0.1, 0.15) is 29.0 Å². The van der Waals surface area contributed by atoms with Crippen LogP contribution in [0.3, 0.4) is 0 Å². The van der Waals surface area contributed by atoms with Gasteiger partial charge in [-0.15, -0.1) is 11.3 Å². The van der Waals surface area contributed by atoms with Crippen LogP contribution in [0.5, 0.6) is 5.75 Å². The minimum atomic E-state index is -0.601. The van der Waals surface area contributed by atoms with Crippen LogP contribution in [0.25, 0.3) is 21.8 Å². The SMILES string of the molecule is Cc1sc(-c2c(F)cccc2F)nc1-c1ccc2c(c1)NCCO2. The first-order valence-electron chi connectivity index (χ1n) is 7.56. The summed E-state index contributed by atoms with van der Waals surface area (Å²) in [5.41, 5.74) is 2.46. The average Bonchev–Trinajstić information content (AvgIpc) is 2.95. The van der Waals surface area contributed by atoms with E-state index in [0.29, 0.717) is 11.6 Å². The normalized spacial score (nSPS) is 13.1. The molecule has 6 heteroatoms. The molecular formula is C18H14F2N2OS. The first kappa shape index (κ1) is 15.1. The Morgan fingerprint density at radius 2 is 1.96 bits per heavy atom. The van der Waals surface area contributed by atoms with Gasteiger partial charge in [-0.25, -0.2) is 13.8 Å². The predicted octanol–water partition coefficient (Wildman–Crippen LogP) is 4.87. The van der Waals surface area contributed by atoms with Crippen molar-refractivity contribution in [2.75, 3.05) is 18.5 Å². The monoisotopic (exact) mass is 344 g/mol. The standard InChI is InChI=1S/C18H14F2N2OS/c1-10-17(11-5-6-15-14(9-11)21-7-8-23-15)22-18(24-10)16-12(19)3-2-4-13(16)20/h2-6,9,21H,7-8H2,1H3. The summed E-state index contributed by atoms with van der Waals surface area (Å²) in [5, 5.41) is 3.63. The number of nitrogens with one attached hydrogen (secondary N) is 1. The molecule has 1 aliphatic rings. The van der Waals surface area contributed by atoms with Crippen molar-refractivity contribution in [3.8, 4) is 27.6 Å². The minimum Gasteiger partial charge on any atom is -0.490 e. The number of halogens is 2. The third-order valence-corrected chi connectivity index (χ3v) is 4.89. The summed E-state index contributed by atoms with van der Waals surface area (Å²) in [6, 6.07) is 9.60. The molecule has 0 amide bonds. The molecule has 122 valence electrons. The molecule has 0 radical (unpaired) electrons. The van der Waals surface area contributed by atoms with E-state index in [1.165, 1.54) is 29.5 Å². The van der Waals surface area contributed by atoms with Gasteiger partial charge in [-0.05, 0) is 37.3 Å². The Balaban J connectivity index is 1.79. The Hall–Kier alpha value is -2.47. The van der Waals surface area contributed by atoms with Crippen molar-refractivity contribution >= 4 is 17.0 Å². The van der Waals surface area contributed by atoms with Gasteiger partial charge in [-0.2, -0.15) is 0 Å². The van der Waals surface area contributed by atoms with Crippen molar-refractivity contribution < 1.29 is 13.5 Å². The Labute approximate surface area is 141 Å². The number of rotatable bonds is 2. The van der Waals surface area contributed by atoms with E-state index in [1.54, 1.807) is 0 Å². The molecule has 0 saturated carbocycles. The lowest BCUT2D eigenvalue weighted by atomic mass is 10.1. The van der Waals surface area contributed by atoms with E-state index in [0.717, 1.165) is 34.1 Å². The predicted molar refractivity (Wildman–Crippen MR) is 91.6 cm³/mol. The fourth-order valence-electron chi connectivity index (χ4n) is 2.76. The molecule has 2 heterocycles. The Morgan fingerprint density at radius 1 is 1.17 bits per heavy atom. The molecule has 0 saturated heterocycles. The van der Waals surface area contributed by atoms with Gasteiger partial charge >= 0.3 is 0 Å². The lowest BCUT2D eigenvalue weighted by molar-refractivity contribution is 0.323. The lowest BCUT2D eigenvalue weighted by Gasteiger charge is -2.19. The Kier molecular flexibility index (Phi) is 3.69. The third-order valence-electron chi connectivity index (χ3n) is 3.90. The van der Waals surface area contributed by atoms with Crippen molar-refractivity contribution in [1.82, 2.24) is 4.98 Å². The van der Waals surface area contributed by atoms with Crippen LogP contribution in [-0.4, -0.2) is 18.1 Å². The average molecular weight is 344 g/mol. The summed E-state index contributed by atoms with van der Waals surface area (Å²) in [4.78, 5) is 5.40. The smallest absolute Gasteiger partial charge is 0.142 e. The second-order valence-electron chi connectivity index (χ2n) is 5.51. The molecule has 1 aromatic heterocycles. The number of aryl methyl sites for hydroxylation is 1. The van der Waals surface area contributed by atoms with Crippen LogP contribution in [0.4, 0.5) is 14.5 Å². The van der Waals surface area contributed by atoms with E-state index in [4.69, 9.17) is 4.74 Å². The zero-order valence-electron chi connectivity index (χ0n) is 12.9. The largest absolute Gasteiger partial charge is 0.490 e. The number of aromatic nitrogens is 1. The molecule has 24 heavy (non-hydrogen) atoms. The van der Waals surface area contributed by atoms with Crippen molar-refractivity contribution in [2.24, 2.45) is 0 Å². The molecule has 3 nitrogen and oxygen atoms in total. The summed E-state index contributed by atoms with van der Waals surface area (Å²) in [5.74, 6) is -0.398. The van der Waals surface area contributed by atoms with Gasteiger partial charge in [-0.1, -0.05) is 6.07 Å². The van der Waals surface area contributed by atoms with Gasteiger partial charge in [-0.3, -0.25) is 0 Å². The van der Waals surface area contributed by atoms with Crippen LogP contribution in [0, 0.1) is 18.6 Å². The van der Waals surface area contributed by atoms with Crippen molar-refractivity contribution in [3.05, 3.63) is 52.9 Å². The van der Waals surface area contributed by atoms with E-state index in [-0.39, 0.29) is 5.56 Å². The molecule has 0 spiro atoms. The summed E-state index contributed by atoms with van der Waals surface area (Å²) >= 11 is 1.29.